The fourth-order valence-electron chi connectivity index (χ4n) is 2.66. The second kappa shape index (κ2) is 6.35. The van der Waals surface area contributed by atoms with Crippen molar-refractivity contribution in [2.24, 2.45) is 11.1 Å². The molecule has 5 heteroatoms. The molecule has 1 aromatic rings. The van der Waals surface area contributed by atoms with E-state index in [9.17, 15) is 4.79 Å². The quantitative estimate of drug-likeness (QED) is 0.886. The number of nitrogens with two attached hydrogens (primary N) is 1. The molecule has 0 aromatic heterocycles. The van der Waals surface area contributed by atoms with Crippen molar-refractivity contribution in [3.8, 4) is 5.75 Å². The van der Waals surface area contributed by atoms with Crippen molar-refractivity contribution >= 4 is 11.6 Å². The first-order valence-electron chi connectivity index (χ1n) is 7.34. The Morgan fingerprint density at radius 1 is 1.48 bits per heavy atom. The van der Waals surface area contributed by atoms with Crippen LogP contribution in [-0.4, -0.2) is 43.6 Å². The molecule has 0 bridgehead atoms. The molecule has 1 heterocycles. The Labute approximate surface area is 126 Å². The number of piperidine rings is 1. The second-order valence-electron chi connectivity index (χ2n) is 6.25. The molecule has 0 aliphatic carbocycles. The fourth-order valence-corrected chi connectivity index (χ4v) is 2.66. The molecule has 1 atom stereocenters. The average Bonchev–Trinajstić information content (AvgIpc) is 2.47. The molecule has 2 rings (SSSR count). The smallest absolute Gasteiger partial charge is 0.241 e. The van der Waals surface area contributed by atoms with Crippen LogP contribution in [0.4, 0.5) is 5.69 Å². The number of methoxy groups -OCH3 is 1. The van der Waals surface area contributed by atoms with E-state index < -0.39 is 0 Å². The summed E-state index contributed by atoms with van der Waals surface area (Å²) in [4.78, 5) is 14.2. The van der Waals surface area contributed by atoms with Crippen LogP contribution in [0.5, 0.6) is 5.75 Å². The van der Waals surface area contributed by atoms with Gasteiger partial charge in [0.25, 0.3) is 0 Å². The Hall–Kier alpha value is -1.75. The van der Waals surface area contributed by atoms with Gasteiger partial charge < -0.3 is 20.7 Å². The number of carbonyl (C=O) groups excluding carboxylic acids is 1. The van der Waals surface area contributed by atoms with Crippen molar-refractivity contribution in [3.63, 3.8) is 0 Å². The molecule has 1 saturated heterocycles. The van der Waals surface area contributed by atoms with E-state index in [0.29, 0.717) is 6.54 Å². The summed E-state index contributed by atoms with van der Waals surface area (Å²) < 4.78 is 5.27. The number of rotatable bonds is 4. The van der Waals surface area contributed by atoms with E-state index in [1.165, 1.54) is 0 Å². The molecular weight excluding hydrogens is 266 g/mol. The van der Waals surface area contributed by atoms with Crippen molar-refractivity contribution in [1.82, 2.24) is 4.90 Å². The molecule has 116 valence electrons. The average molecular weight is 291 g/mol. The van der Waals surface area contributed by atoms with Gasteiger partial charge in [0.15, 0.2) is 0 Å². The van der Waals surface area contributed by atoms with E-state index >= 15 is 0 Å². The second-order valence-corrected chi connectivity index (χ2v) is 6.25. The van der Waals surface area contributed by atoms with Crippen LogP contribution in [-0.2, 0) is 4.79 Å². The van der Waals surface area contributed by atoms with Crippen LogP contribution in [0.2, 0.25) is 0 Å². The maximum absolute atomic E-state index is 12.3. The lowest BCUT2D eigenvalue weighted by Gasteiger charge is -2.42. The number of likely N-dealkylation sites (tertiary alicyclic amines) is 1. The lowest BCUT2D eigenvalue weighted by molar-refractivity contribution is -0.132. The van der Waals surface area contributed by atoms with Gasteiger partial charge in [-0.25, -0.2) is 0 Å². The number of hydrogen-bond donors (Lipinski definition) is 2. The molecule has 1 amide bonds. The highest BCUT2D eigenvalue weighted by molar-refractivity contribution is 5.81. The van der Waals surface area contributed by atoms with Gasteiger partial charge in [-0.1, -0.05) is 26.0 Å². The molecule has 0 radical (unpaired) electrons. The third-order valence-electron chi connectivity index (χ3n) is 4.20. The third-order valence-corrected chi connectivity index (χ3v) is 4.20. The van der Waals surface area contributed by atoms with Gasteiger partial charge in [0.2, 0.25) is 5.91 Å². The van der Waals surface area contributed by atoms with Crippen LogP contribution in [0, 0.1) is 5.41 Å². The molecule has 1 aromatic carbocycles. The Kier molecular flexibility index (Phi) is 4.73. The van der Waals surface area contributed by atoms with Crippen LogP contribution in [0.25, 0.3) is 0 Å². The number of nitrogens with zero attached hydrogens (tertiary/aromatic N) is 1. The monoisotopic (exact) mass is 291 g/mol. The molecule has 1 fully saturated rings. The zero-order valence-electron chi connectivity index (χ0n) is 13.1. The van der Waals surface area contributed by atoms with Crippen molar-refractivity contribution in [2.75, 3.05) is 32.1 Å². The number of carbonyl (C=O) groups is 1. The number of hydrogen-bond acceptors (Lipinski definition) is 4. The van der Waals surface area contributed by atoms with Crippen molar-refractivity contribution < 1.29 is 9.53 Å². The normalized spacial score (nSPS) is 21.0. The summed E-state index contributed by atoms with van der Waals surface area (Å²) in [6.45, 7) is 5.94. The first-order chi connectivity index (χ1) is 9.94. The lowest BCUT2D eigenvalue weighted by Crippen LogP contribution is -2.54. The van der Waals surface area contributed by atoms with Gasteiger partial charge in [-0.05, 0) is 24.0 Å². The molecular formula is C16H25N3O2. The summed E-state index contributed by atoms with van der Waals surface area (Å²) in [5.74, 6) is 0.840. The summed E-state index contributed by atoms with van der Waals surface area (Å²) in [5.41, 5.74) is 6.91. The maximum atomic E-state index is 12.3. The number of ether oxygens (including phenoxy) is 1. The predicted molar refractivity (Wildman–Crippen MR) is 84.4 cm³/mol. The van der Waals surface area contributed by atoms with E-state index in [1.54, 1.807) is 7.11 Å². The molecule has 1 unspecified atom stereocenters. The first kappa shape index (κ1) is 15.6. The predicted octanol–water partition coefficient (Wildman–Crippen LogP) is 1.69. The zero-order chi connectivity index (χ0) is 15.5. The summed E-state index contributed by atoms with van der Waals surface area (Å²) >= 11 is 0. The van der Waals surface area contributed by atoms with E-state index in [2.05, 4.69) is 19.2 Å². The number of para-hydroxylation sites is 2. The minimum absolute atomic E-state index is 0.0294. The van der Waals surface area contributed by atoms with Gasteiger partial charge in [0.1, 0.15) is 5.75 Å². The Bertz CT molecular complexity index is 502. The summed E-state index contributed by atoms with van der Waals surface area (Å²) in [7, 11) is 1.62. The Morgan fingerprint density at radius 2 is 2.19 bits per heavy atom. The van der Waals surface area contributed by atoms with Crippen molar-refractivity contribution in [2.45, 2.75) is 26.3 Å². The number of anilines is 1. The number of benzene rings is 1. The maximum Gasteiger partial charge on any atom is 0.241 e. The first-order valence-corrected chi connectivity index (χ1v) is 7.34. The van der Waals surface area contributed by atoms with Crippen LogP contribution in [0.15, 0.2) is 24.3 Å². The fraction of sp³-hybridized carbons (Fsp3) is 0.562. The Balaban J connectivity index is 1.93. The highest BCUT2D eigenvalue weighted by Gasteiger charge is 2.35. The van der Waals surface area contributed by atoms with E-state index in [-0.39, 0.29) is 23.9 Å². The highest BCUT2D eigenvalue weighted by atomic mass is 16.5. The topological polar surface area (TPSA) is 67.6 Å². The van der Waals surface area contributed by atoms with Gasteiger partial charge in [-0.15, -0.1) is 0 Å². The SMILES string of the molecule is COc1ccccc1NCC(=O)N1CCC(N)C(C)(C)C1. The van der Waals surface area contributed by atoms with E-state index in [0.717, 1.165) is 24.4 Å². The third kappa shape index (κ3) is 3.67. The van der Waals surface area contributed by atoms with Crippen LogP contribution in [0.1, 0.15) is 20.3 Å². The zero-order valence-corrected chi connectivity index (χ0v) is 13.1. The minimum Gasteiger partial charge on any atom is -0.495 e. The van der Waals surface area contributed by atoms with Crippen LogP contribution < -0.4 is 15.8 Å². The summed E-state index contributed by atoms with van der Waals surface area (Å²) in [5, 5.41) is 3.15. The molecule has 0 saturated carbocycles. The van der Waals surface area contributed by atoms with Gasteiger partial charge in [-0.3, -0.25) is 4.79 Å². The summed E-state index contributed by atoms with van der Waals surface area (Å²) in [6, 6.07) is 7.75. The largest absolute Gasteiger partial charge is 0.495 e. The highest BCUT2D eigenvalue weighted by Crippen LogP contribution is 2.28. The molecule has 21 heavy (non-hydrogen) atoms. The number of amides is 1. The molecule has 1 aliphatic rings. The molecule has 3 N–H and O–H groups in total. The summed E-state index contributed by atoms with van der Waals surface area (Å²) in [6.07, 6.45) is 0.855. The van der Waals surface area contributed by atoms with Gasteiger partial charge >= 0.3 is 0 Å². The lowest BCUT2D eigenvalue weighted by atomic mass is 9.79. The van der Waals surface area contributed by atoms with E-state index in [4.69, 9.17) is 10.5 Å². The van der Waals surface area contributed by atoms with Crippen molar-refractivity contribution in [1.29, 1.82) is 0 Å². The minimum atomic E-state index is -0.0294. The number of nitrogens with one attached hydrogen (secondary N) is 1. The van der Waals surface area contributed by atoms with E-state index in [1.807, 2.05) is 29.2 Å². The van der Waals surface area contributed by atoms with Gasteiger partial charge in [-0.2, -0.15) is 0 Å². The van der Waals surface area contributed by atoms with Gasteiger partial charge in [0, 0.05) is 19.1 Å². The standard InChI is InChI=1S/C16H25N3O2/c1-16(2)11-19(9-8-14(16)17)15(20)10-18-12-6-4-5-7-13(12)21-3/h4-7,14,18H,8-11,17H2,1-3H3. The molecule has 0 spiro atoms. The van der Waals surface area contributed by atoms with Crippen LogP contribution in [0.3, 0.4) is 0 Å². The van der Waals surface area contributed by atoms with Crippen LogP contribution >= 0.6 is 0 Å². The van der Waals surface area contributed by atoms with Gasteiger partial charge in [0.05, 0.1) is 19.3 Å². The van der Waals surface area contributed by atoms with Crippen molar-refractivity contribution in [3.05, 3.63) is 24.3 Å². The Morgan fingerprint density at radius 3 is 2.86 bits per heavy atom. The molecule has 5 nitrogen and oxygen atoms in total. The molecule has 1 aliphatic heterocycles.